The first-order valence-electron chi connectivity index (χ1n) is 8.16. The molecule has 0 saturated carbocycles. The number of benzene rings is 2. The number of ether oxygens (including phenoxy) is 1. The minimum Gasteiger partial charge on any atom is -0.497 e. The molecular formula is C20H23NO4. The Morgan fingerprint density at radius 1 is 1.00 bits per heavy atom. The maximum absolute atomic E-state index is 12.7. The molecule has 0 saturated heterocycles. The lowest BCUT2D eigenvalue weighted by atomic mass is 9.91. The lowest BCUT2D eigenvalue weighted by Gasteiger charge is -2.25. The zero-order chi connectivity index (χ0) is 18.4. The third kappa shape index (κ3) is 4.67. The number of rotatable bonds is 8. The van der Waals surface area contributed by atoms with Crippen molar-refractivity contribution >= 4 is 11.8 Å². The molecule has 5 nitrogen and oxygen atoms in total. The zero-order valence-corrected chi connectivity index (χ0v) is 14.6. The summed E-state index contributed by atoms with van der Waals surface area (Å²) in [5.41, 5.74) is 1.44. The molecule has 0 aliphatic rings. The van der Waals surface area contributed by atoms with Crippen LogP contribution < -0.4 is 10.1 Å². The van der Waals surface area contributed by atoms with Crippen molar-refractivity contribution < 1.29 is 19.4 Å². The number of aliphatic carboxylic acids is 1. The van der Waals surface area contributed by atoms with Crippen LogP contribution in [0.4, 0.5) is 0 Å². The van der Waals surface area contributed by atoms with E-state index in [4.69, 9.17) is 4.74 Å². The van der Waals surface area contributed by atoms with Crippen molar-refractivity contribution in [3.8, 4) is 5.75 Å². The van der Waals surface area contributed by atoms with Crippen molar-refractivity contribution in [1.29, 1.82) is 0 Å². The molecule has 2 N–H and O–H groups in total. The van der Waals surface area contributed by atoms with Crippen LogP contribution in [0.2, 0.25) is 0 Å². The van der Waals surface area contributed by atoms with Gasteiger partial charge in [0, 0.05) is 17.5 Å². The number of hydrogen-bond acceptors (Lipinski definition) is 4. The van der Waals surface area contributed by atoms with E-state index in [2.05, 4.69) is 5.32 Å². The number of methoxy groups -OCH3 is 1. The Balaban J connectivity index is 2.15. The van der Waals surface area contributed by atoms with Gasteiger partial charge in [-0.05, 0) is 36.8 Å². The lowest BCUT2D eigenvalue weighted by Crippen LogP contribution is -2.45. The Morgan fingerprint density at radius 2 is 1.60 bits per heavy atom. The van der Waals surface area contributed by atoms with Crippen LogP contribution in [-0.4, -0.2) is 30.0 Å². The van der Waals surface area contributed by atoms with Crippen LogP contribution >= 0.6 is 0 Å². The van der Waals surface area contributed by atoms with E-state index in [1.165, 1.54) is 0 Å². The van der Waals surface area contributed by atoms with Gasteiger partial charge in [0.1, 0.15) is 11.8 Å². The molecule has 0 fully saturated rings. The minimum atomic E-state index is -1.04. The van der Waals surface area contributed by atoms with Gasteiger partial charge in [0.05, 0.1) is 7.11 Å². The van der Waals surface area contributed by atoms with E-state index in [0.29, 0.717) is 11.3 Å². The highest BCUT2D eigenvalue weighted by Crippen LogP contribution is 2.20. The molecule has 2 aromatic rings. The summed E-state index contributed by atoms with van der Waals surface area (Å²) in [7, 11) is 1.55. The quantitative estimate of drug-likeness (QED) is 0.721. The van der Waals surface area contributed by atoms with Gasteiger partial charge in [-0.1, -0.05) is 37.3 Å². The molecule has 0 bridgehead atoms. The van der Waals surface area contributed by atoms with Gasteiger partial charge in [-0.15, -0.1) is 0 Å². The minimum absolute atomic E-state index is 0.187. The second kappa shape index (κ2) is 8.44. The number of carbonyl (C=O) groups excluding carboxylic acids is 1. The molecule has 132 valence electrons. The maximum atomic E-state index is 12.7. The highest BCUT2D eigenvalue weighted by atomic mass is 16.5. The van der Waals surface area contributed by atoms with Crippen LogP contribution in [0.5, 0.6) is 5.75 Å². The van der Waals surface area contributed by atoms with Crippen LogP contribution in [0.15, 0.2) is 54.6 Å². The van der Waals surface area contributed by atoms with Crippen LogP contribution in [0.3, 0.4) is 0 Å². The Labute approximate surface area is 147 Å². The van der Waals surface area contributed by atoms with Crippen molar-refractivity contribution in [1.82, 2.24) is 5.32 Å². The summed E-state index contributed by atoms with van der Waals surface area (Å²) in [4.78, 5) is 24.4. The number of Topliss-reactive ketones (excluding diaryl/α,β-unsaturated/α-hetero) is 1. The van der Waals surface area contributed by atoms with Crippen LogP contribution in [0, 0.1) is 5.92 Å². The van der Waals surface area contributed by atoms with Crippen LogP contribution in [-0.2, 0) is 4.79 Å². The molecule has 0 heterocycles. The summed E-state index contributed by atoms with van der Waals surface area (Å²) in [6.07, 6.45) is 0. The van der Waals surface area contributed by atoms with Gasteiger partial charge in [-0.3, -0.25) is 14.9 Å². The Kier molecular flexibility index (Phi) is 6.31. The van der Waals surface area contributed by atoms with E-state index in [1.54, 1.807) is 38.3 Å². The average molecular weight is 341 g/mol. The fraction of sp³-hybridized carbons (Fsp3) is 0.300. The molecule has 3 atom stereocenters. The number of carboxylic acids is 1. The van der Waals surface area contributed by atoms with Crippen molar-refractivity contribution in [2.75, 3.05) is 7.11 Å². The summed E-state index contributed by atoms with van der Waals surface area (Å²) in [6, 6.07) is 15.1. The van der Waals surface area contributed by atoms with E-state index >= 15 is 0 Å². The first-order valence-corrected chi connectivity index (χ1v) is 8.16. The summed E-state index contributed by atoms with van der Waals surface area (Å²) in [5, 5.41) is 12.6. The monoisotopic (exact) mass is 341 g/mol. The van der Waals surface area contributed by atoms with E-state index in [-0.39, 0.29) is 11.8 Å². The van der Waals surface area contributed by atoms with Gasteiger partial charge >= 0.3 is 5.97 Å². The number of carboxylic acid groups (broad SMARTS) is 1. The molecule has 0 unspecified atom stereocenters. The molecule has 0 radical (unpaired) electrons. The highest BCUT2D eigenvalue weighted by molar-refractivity contribution is 6.00. The highest BCUT2D eigenvalue weighted by Gasteiger charge is 2.31. The normalized spacial score (nSPS) is 14.4. The van der Waals surface area contributed by atoms with E-state index in [9.17, 15) is 14.7 Å². The Morgan fingerprint density at radius 3 is 2.12 bits per heavy atom. The summed E-state index contributed by atoms with van der Waals surface area (Å²) in [6.45, 7) is 3.52. The molecule has 0 aliphatic heterocycles. The van der Waals surface area contributed by atoms with Gasteiger partial charge in [-0.2, -0.15) is 0 Å². The third-order valence-corrected chi connectivity index (χ3v) is 4.28. The molecule has 0 aromatic heterocycles. The lowest BCUT2D eigenvalue weighted by molar-refractivity contribution is -0.140. The summed E-state index contributed by atoms with van der Waals surface area (Å²) in [5.74, 6) is -1.33. The summed E-state index contributed by atoms with van der Waals surface area (Å²) >= 11 is 0. The second-order valence-electron chi connectivity index (χ2n) is 6.00. The fourth-order valence-electron chi connectivity index (χ4n) is 2.71. The van der Waals surface area contributed by atoms with Gasteiger partial charge in [0.25, 0.3) is 0 Å². The zero-order valence-electron chi connectivity index (χ0n) is 14.6. The molecule has 0 spiro atoms. The van der Waals surface area contributed by atoms with Gasteiger partial charge in [0.15, 0.2) is 5.78 Å². The van der Waals surface area contributed by atoms with Crippen molar-refractivity contribution in [3.63, 3.8) is 0 Å². The van der Waals surface area contributed by atoms with Gasteiger partial charge < -0.3 is 9.84 Å². The predicted molar refractivity (Wildman–Crippen MR) is 95.9 cm³/mol. The van der Waals surface area contributed by atoms with Crippen molar-refractivity contribution in [2.24, 2.45) is 5.92 Å². The molecule has 5 heteroatoms. The molecule has 25 heavy (non-hydrogen) atoms. The third-order valence-electron chi connectivity index (χ3n) is 4.28. The SMILES string of the molecule is COc1ccc(C(=O)[C@H](C)[C@H](N[C@@H](C)c2ccccc2)C(=O)O)cc1. The van der Waals surface area contributed by atoms with Crippen molar-refractivity contribution in [2.45, 2.75) is 25.9 Å². The largest absolute Gasteiger partial charge is 0.497 e. The molecule has 0 aliphatic carbocycles. The Bertz CT molecular complexity index is 712. The topological polar surface area (TPSA) is 75.6 Å². The van der Waals surface area contributed by atoms with Crippen LogP contribution in [0.1, 0.15) is 35.8 Å². The van der Waals surface area contributed by atoms with Crippen molar-refractivity contribution in [3.05, 3.63) is 65.7 Å². The fourth-order valence-corrected chi connectivity index (χ4v) is 2.71. The maximum Gasteiger partial charge on any atom is 0.321 e. The Hall–Kier alpha value is -2.66. The smallest absolute Gasteiger partial charge is 0.321 e. The molecular weight excluding hydrogens is 318 g/mol. The molecule has 2 rings (SSSR count). The second-order valence-corrected chi connectivity index (χ2v) is 6.00. The van der Waals surface area contributed by atoms with E-state index in [0.717, 1.165) is 5.56 Å². The molecule has 2 aromatic carbocycles. The van der Waals surface area contributed by atoms with Gasteiger partial charge in [-0.25, -0.2) is 0 Å². The van der Waals surface area contributed by atoms with Gasteiger partial charge in [0.2, 0.25) is 0 Å². The first kappa shape index (κ1) is 18.7. The number of hydrogen-bond donors (Lipinski definition) is 2. The first-order chi connectivity index (χ1) is 11.9. The number of carbonyl (C=O) groups is 2. The van der Waals surface area contributed by atoms with E-state index in [1.807, 2.05) is 37.3 Å². The summed E-state index contributed by atoms with van der Waals surface area (Å²) < 4.78 is 5.08. The number of ketones is 1. The standard InChI is InChI=1S/C20H23NO4/c1-13(19(22)16-9-11-17(25-3)12-10-16)18(20(23)24)21-14(2)15-7-5-4-6-8-15/h4-14,18,21H,1-3H3,(H,23,24)/t13-,14+,18+/m1/s1. The molecule has 0 amide bonds. The van der Waals surface area contributed by atoms with E-state index < -0.39 is 17.9 Å². The number of nitrogens with one attached hydrogen (secondary N) is 1. The predicted octanol–water partition coefficient (Wildman–Crippen LogP) is 3.32. The average Bonchev–Trinajstić information content (AvgIpc) is 2.65. The van der Waals surface area contributed by atoms with Crippen LogP contribution in [0.25, 0.3) is 0 Å².